The number of phenols is 2. The zero-order valence-electron chi connectivity index (χ0n) is 17.2. The van der Waals surface area contributed by atoms with E-state index in [1.54, 1.807) is 11.0 Å². The molecule has 2 aromatic rings. The van der Waals surface area contributed by atoms with Crippen molar-refractivity contribution in [3.05, 3.63) is 58.1 Å². The average Bonchev–Trinajstić information content (AvgIpc) is 3.11. The van der Waals surface area contributed by atoms with Crippen LogP contribution in [-0.4, -0.2) is 34.1 Å². The molecule has 0 saturated carbocycles. The monoisotopic (exact) mass is 394 g/mol. The van der Waals surface area contributed by atoms with Crippen molar-refractivity contribution in [2.45, 2.75) is 52.1 Å². The Bertz CT molecular complexity index is 917. The Labute approximate surface area is 172 Å². The van der Waals surface area contributed by atoms with Crippen LogP contribution in [-0.2, 0) is 19.5 Å². The van der Waals surface area contributed by atoms with Gasteiger partial charge in [-0.15, -0.1) is 0 Å². The number of rotatable bonds is 4. The lowest BCUT2D eigenvalue weighted by molar-refractivity contribution is 0.0748. The van der Waals surface area contributed by atoms with E-state index >= 15 is 0 Å². The van der Waals surface area contributed by atoms with E-state index < -0.39 is 0 Å². The third-order valence-corrected chi connectivity index (χ3v) is 6.26. The minimum Gasteiger partial charge on any atom is -0.508 e. The van der Waals surface area contributed by atoms with Gasteiger partial charge in [0.2, 0.25) is 0 Å². The summed E-state index contributed by atoms with van der Waals surface area (Å²) in [5.74, 6) is 0.466. The third-order valence-electron chi connectivity index (χ3n) is 6.26. The lowest BCUT2D eigenvalue weighted by Crippen LogP contribution is -2.28. The van der Waals surface area contributed by atoms with Gasteiger partial charge in [0, 0.05) is 19.2 Å². The summed E-state index contributed by atoms with van der Waals surface area (Å²) in [6.07, 6.45) is 3.54. The highest BCUT2D eigenvalue weighted by Crippen LogP contribution is 2.34. The van der Waals surface area contributed by atoms with E-state index in [0.29, 0.717) is 18.7 Å². The number of piperidine rings is 1. The van der Waals surface area contributed by atoms with E-state index in [4.69, 9.17) is 0 Å². The average molecular weight is 395 g/mol. The second kappa shape index (κ2) is 8.07. The predicted octanol–water partition coefficient (Wildman–Crippen LogP) is 3.92. The van der Waals surface area contributed by atoms with Gasteiger partial charge in [0.1, 0.15) is 11.5 Å². The van der Waals surface area contributed by atoms with E-state index in [1.807, 2.05) is 13.8 Å². The van der Waals surface area contributed by atoms with E-state index in [-0.39, 0.29) is 28.9 Å². The van der Waals surface area contributed by atoms with Crippen LogP contribution in [0.2, 0.25) is 0 Å². The molecule has 2 aliphatic heterocycles. The number of nitrogens with zero attached hydrogens (tertiary/aromatic N) is 1. The number of hydrogen-bond acceptors (Lipinski definition) is 4. The van der Waals surface area contributed by atoms with Crippen LogP contribution in [0.25, 0.3) is 0 Å². The topological polar surface area (TPSA) is 72.8 Å². The van der Waals surface area contributed by atoms with Crippen molar-refractivity contribution < 1.29 is 15.0 Å². The fourth-order valence-corrected chi connectivity index (χ4v) is 4.54. The molecule has 0 radical (unpaired) electrons. The molecule has 5 nitrogen and oxygen atoms in total. The molecule has 0 unspecified atom stereocenters. The molecule has 2 aliphatic rings. The quantitative estimate of drug-likeness (QED) is 0.735. The summed E-state index contributed by atoms with van der Waals surface area (Å²) in [4.78, 5) is 14.9. The molecule has 4 rings (SSSR count). The lowest BCUT2D eigenvalue weighted by Gasteiger charge is -2.22. The molecule has 0 spiro atoms. The Kier molecular flexibility index (Phi) is 5.50. The van der Waals surface area contributed by atoms with Crippen molar-refractivity contribution in [3.63, 3.8) is 0 Å². The van der Waals surface area contributed by atoms with Crippen molar-refractivity contribution in [2.75, 3.05) is 13.1 Å². The summed E-state index contributed by atoms with van der Waals surface area (Å²) < 4.78 is 0. The Morgan fingerprint density at radius 1 is 1.07 bits per heavy atom. The van der Waals surface area contributed by atoms with E-state index in [0.717, 1.165) is 25.4 Å². The highest BCUT2D eigenvalue weighted by atomic mass is 16.3. The van der Waals surface area contributed by atoms with Crippen LogP contribution >= 0.6 is 0 Å². The second-order valence-electron chi connectivity index (χ2n) is 8.74. The Morgan fingerprint density at radius 3 is 2.52 bits per heavy atom. The zero-order chi connectivity index (χ0) is 20.5. The minimum absolute atomic E-state index is 0.0290. The third kappa shape index (κ3) is 4.10. The first-order valence-corrected chi connectivity index (χ1v) is 10.6. The van der Waals surface area contributed by atoms with Crippen LogP contribution in [0.15, 0.2) is 30.3 Å². The number of carbonyl (C=O) groups excluding carboxylic acids is 1. The zero-order valence-corrected chi connectivity index (χ0v) is 17.2. The fourth-order valence-electron chi connectivity index (χ4n) is 4.54. The molecule has 154 valence electrons. The maximum atomic E-state index is 13.1. The van der Waals surface area contributed by atoms with Crippen LogP contribution in [0.3, 0.4) is 0 Å². The van der Waals surface area contributed by atoms with Gasteiger partial charge in [-0.2, -0.15) is 0 Å². The number of benzene rings is 2. The lowest BCUT2D eigenvalue weighted by atomic mass is 9.90. The Morgan fingerprint density at radius 2 is 1.79 bits per heavy atom. The van der Waals surface area contributed by atoms with Gasteiger partial charge in [0.25, 0.3) is 5.91 Å². The molecule has 1 saturated heterocycles. The Hall–Kier alpha value is -2.53. The van der Waals surface area contributed by atoms with Crippen molar-refractivity contribution in [1.82, 2.24) is 10.2 Å². The maximum absolute atomic E-state index is 13.1. The Balaban J connectivity index is 1.50. The molecule has 0 atom stereocenters. The van der Waals surface area contributed by atoms with Crippen molar-refractivity contribution in [3.8, 4) is 11.5 Å². The number of fused-ring (bicyclic) bond motifs is 1. The largest absolute Gasteiger partial charge is 0.508 e. The predicted molar refractivity (Wildman–Crippen MR) is 113 cm³/mol. The van der Waals surface area contributed by atoms with Gasteiger partial charge in [0.15, 0.2) is 0 Å². The molecule has 2 heterocycles. The smallest absolute Gasteiger partial charge is 0.258 e. The molecule has 2 aromatic carbocycles. The number of aromatic hydroxyl groups is 2. The second-order valence-corrected chi connectivity index (χ2v) is 8.74. The minimum atomic E-state index is -0.194. The highest BCUT2D eigenvalue weighted by Gasteiger charge is 2.27. The first-order chi connectivity index (χ1) is 13.9. The van der Waals surface area contributed by atoms with Gasteiger partial charge < -0.3 is 20.4 Å². The summed E-state index contributed by atoms with van der Waals surface area (Å²) >= 11 is 0. The van der Waals surface area contributed by atoms with Gasteiger partial charge in [-0.25, -0.2) is 0 Å². The fraction of sp³-hybridized carbons (Fsp3) is 0.458. The highest BCUT2D eigenvalue weighted by molar-refractivity contribution is 5.97. The van der Waals surface area contributed by atoms with Crippen molar-refractivity contribution >= 4 is 5.91 Å². The standard InChI is InChI=1S/C24H30N2O3/c1-15(2)20-11-21(23(28)12-22(20)27)24(29)26-13-18-4-3-17(10-19(18)14-26)9-16-5-7-25-8-6-16/h3-4,10-12,15-16,25,27-28H,5-9,13-14H2,1-2H3. The molecule has 29 heavy (non-hydrogen) atoms. The summed E-state index contributed by atoms with van der Waals surface area (Å²) in [5.41, 5.74) is 4.66. The summed E-state index contributed by atoms with van der Waals surface area (Å²) in [6, 6.07) is 9.51. The van der Waals surface area contributed by atoms with Gasteiger partial charge in [-0.1, -0.05) is 32.0 Å². The van der Waals surface area contributed by atoms with Crippen LogP contribution in [0, 0.1) is 5.92 Å². The van der Waals surface area contributed by atoms with Gasteiger partial charge in [-0.3, -0.25) is 4.79 Å². The number of hydrogen-bond donors (Lipinski definition) is 3. The van der Waals surface area contributed by atoms with Gasteiger partial charge >= 0.3 is 0 Å². The number of nitrogens with one attached hydrogen (secondary N) is 1. The molecule has 0 aromatic heterocycles. The van der Waals surface area contributed by atoms with Crippen LogP contribution < -0.4 is 5.32 Å². The molecule has 1 fully saturated rings. The van der Waals surface area contributed by atoms with Crippen LogP contribution in [0.4, 0.5) is 0 Å². The molecule has 1 amide bonds. The number of phenolic OH excluding ortho intramolecular Hbond substituents is 2. The summed E-state index contributed by atoms with van der Waals surface area (Å²) in [5, 5.41) is 23.7. The molecule has 5 heteroatoms. The van der Waals surface area contributed by atoms with Gasteiger partial charge in [-0.05, 0) is 72.5 Å². The normalized spacial score (nSPS) is 17.0. The SMILES string of the molecule is CC(C)c1cc(C(=O)N2Cc3ccc(CC4CCNCC4)cc3C2)c(O)cc1O. The maximum Gasteiger partial charge on any atom is 0.258 e. The summed E-state index contributed by atoms with van der Waals surface area (Å²) in [6.45, 7) is 7.23. The molecule has 0 bridgehead atoms. The van der Waals surface area contributed by atoms with Crippen molar-refractivity contribution in [1.29, 1.82) is 0 Å². The number of amides is 1. The van der Waals surface area contributed by atoms with Crippen LogP contribution in [0.5, 0.6) is 11.5 Å². The molecule has 3 N–H and O–H groups in total. The van der Waals surface area contributed by atoms with Gasteiger partial charge in [0.05, 0.1) is 5.56 Å². The molecular weight excluding hydrogens is 364 g/mol. The van der Waals surface area contributed by atoms with Crippen LogP contribution in [0.1, 0.15) is 65.2 Å². The number of carbonyl (C=O) groups is 1. The van der Waals surface area contributed by atoms with E-state index in [2.05, 4.69) is 23.5 Å². The van der Waals surface area contributed by atoms with E-state index in [1.165, 1.54) is 35.6 Å². The first kappa shape index (κ1) is 19.8. The van der Waals surface area contributed by atoms with E-state index in [9.17, 15) is 15.0 Å². The first-order valence-electron chi connectivity index (χ1n) is 10.6. The molecular formula is C24H30N2O3. The van der Waals surface area contributed by atoms with Crippen molar-refractivity contribution in [2.24, 2.45) is 5.92 Å². The molecule has 0 aliphatic carbocycles. The summed E-state index contributed by atoms with van der Waals surface area (Å²) in [7, 11) is 0.